The fourth-order valence-electron chi connectivity index (χ4n) is 4.69. The lowest BCUT2D eigenvalue weighted by molar-refractivity contribution is -0.278. The van der Waals surface area contributed by atoms with Crippen LogP contribution in [0, 0.1) is 0 Å². The van der Waals surface area contributed by atoms with Gasteiger partial charge in [0, 0.05) is 18.7 Å². The predicted octanol–water partition coefficient (Wildman–Crippen LogP) is 5.77. The summed E-state index contributed by atoms with van der Waals surface area (Å²) in [6.45, 7) is 1.73. The molecule has 0 saturated heterocycles. The maximum atomic E-state index is 14.3. The first-order valence-electron chi connectivity index (χ1n) is 12.4. The highest BCUT2D eigenvalue weighted by Gasteiger charge is 2.64. The Labute approximate surface area is 220 Å². The Morgan fingerprint density at radius 3 is 2.26 bits per heavy atom. The van der Waals surface area contributed by atoms with E-state index in [9.17, 15) is 22.8 Å². The van der Waals surface area contributed by atoms with Gasteiger partial charge in [0.25, 0.3) is 5.60 Å². The smallest absolute Gasteiger partial charge is 0.432 e. The van der Waals surface area contributed by atoms with Gasteiger partial charge in [0.1, 0.15) is 23.2 Å². The molecule has 1 aliphatic heterocycles. The summed E-state index contributed by atoms with van der Waals surface area (Å²) in [5.74, 6) is -1.25. The number of carbonyl (C=O) groups is 2. The number of methoxy groups -OCH3 is 3. The van der Waals surface area contributed by atoms with E-state index in [0.29, 0.717) is 49.2 Å². The van der Waals surface area contributed by atoms with E-state index in [1.807, 2.05) is 0 Å². The van der Waals surface area contributed by atoms with Gasteiger partial charge in [-0.3, -0.25) is 0 Å². The average molecular weight is 539 g/mol. The highest BCUT2D eigenvalue weighted by atomic mass is 19.4. The standard InChI is InChI=1S/C28H33F3O7/c1-18-10-8-14-21(38-26(33)27(36-4,28(29,30)31)20-12-6-5-7-13-20)15-9-11-19-16-22(34-2)17-23(35-3)24(19)25(32)37-18/h5-7,12-13,16-18,21H,8-11,14-15H2,1-4H3/t18?,21-,27+/m0/s1. The molecule has 0 bridgehead atoms. The third kappa shape index (κ3) is 6.23. The molecule has 0 amide bonds. The summed E-state index contributed by atoms with van der Waals surface area (Å²) in [5, 5.41) is 0. The third-order valence-electron chi connectivity index (χ3n) is 6.68. The number of halogens is 3. The van der Waals surface area contributed by atoms with Gasteiger partial charge < -0.3 is 23.7 Å². The number of hydrogen-bond acceptors (Lipinski definition) is 7. The Kier molecular flexibility index (Phi) is 9.65. The molecule has 2 aromatic carbocycles. The number of ether oxygens (including phenoxy) is 5. The number of esters is 2. The molecule has 1 heterocycles. The summed E-state index contributed by atoms with van der Waals surface area (Å²) < 4.78 is 69.7. The summed E-state index contributed by atoms with van der Waals surface area (Å²) in [6.07, 6.45) is -4.08. The van der Waals surface area contributed by atoms with E-state index < -0.39 is 35.9 Å². The molecule has 3 rings (SSSR count). The van der Waals surface area contributed by atoms with Crippen molar-refractivity contribution in [2.45, 2.75) is 69.4 Å². The van der Waals surface area contributed by atoms with Gasteiger partial charge in [0.05, 0.1) is 20.3 Å². The van der Waals surface area contributed by atoms with Crippen LogP contribution in [0.3, 0.4) is 0 Å². The van der Waals surface area contributed by atoms with Crippen molar-refractivity contribution in [3.05, 3.63) is 59.2 Å². The Morgan fingerprint density at radius 1 is 0.974 bits per heavy atom. The Bertz CT molecular complexity index is 1100. The molecule has 0 radical (unpaired) electrons. The van der Waals surface area contributed by atoms with Crippen LogP contribution in [-0.2, 0) is 31.0 Å². The molecule has 2 aromatic rings. The molecule has 208 valence electrons. The first kappa shape index (κ1) is 29.3. The van der Waals surface area contributed by atoms with Crippen molar-refractivity contribution in [2.24, 2.45) is 0 Å². The fraction of sp³-hybridized carbons (Fsp3) is 0.500. The zero-order valence-electron chi connectivity index (χ0n) is 21.9. The molecule has 0 aliphatic carbocycles. The molecule has 1 unspecified atom stereocenters. The molecule has 10 heteroatoms. The van der Waals surface area contributed by atoms with Gasteiger partial charge in [-0.25, -0.2) is 9.59 Å². The molecule has 0 aromatic heterocycles. The summed E-state index contributed by atoms with van der Waals surface area (Å²) in [6, 6.07) is 10.0. The number of hydrogen-bond donors (Lipinski definition) is 0. The highest BCUT2D eigenvalue weighted by molar-refractivity contribution is 5.94. The maximum absolute atomic E-state index is 14.3. The van der Waals surface area contributed by atoms with Crippen LogP contribution < -0.4 is 9.47 Å². The van der Waals surface area contributed by atoms with Crippen LogP contribution in [0.4, 0.5) is 13.2 Å². The number of carbonyl (C=O) groups excluding carboxylic acids is 2. The fourth-order valence-corrected chi connectivity index (χ4v) is 4.69. The van der Waals surface area contributed by atoms with Crippen molar-refractivity contribution < 1.29 is 46.4 Å². The predicted molar refractivity (Wildman–Crippen MR) is 132 cm³/mol. The lowest BCUT2D eigenvalue weighted by atomic mass is 9.92. The third-order valence-corrected chi connectivity index (χ3v) is 6.68. The zero-order valence-corrected chi connectivity index (χ0v) is 21.9. The van der Waals surface area contributed by atoms with Gasteiger partial charge >= 0.3 is 18.1 Å². The van der Waals surface area contributed by atoms with Crippen molar-refractivity contribution in [3.63, 3.8) is 0 Å². The average Bonchev–Trinajstić information content (AvgIpc) is 2.87. The Morgan fingerprint density at radius 2 is 1.66 bits per heavy atom. The van der Waals surface area contributed by atoms with E-state index in [1.165, 1.54) is 38.5 Å². The number of rotatable bonds is 6. The lowest BCUT2D eigenvalue weighted by Crippen LogP contribution is -2.52. The van der Waals surface area contributed by atoms with Crippen molar-refractivity contribution in [1.82, 2.24) is 0 Å². The van der Waals surface area contributed by atoms with E-state index in [1.54, 1.807) is 25.1 Å². The molecule has 0 fully saturated rings. The van der Waals surface area contributed by atoms with E-state index in [2.05, 4.69) is 0 Å². The molecule has 3 atom stereocenters. The van der Waals surface area contributed by atoms with Crippen LogP contribution in [-0.4, -0.2) is 51.7 Å². The molecule has 0 N–H and O–H groups in total. The molecular weight excluding hydrogens is 505 g/mol. The Balaban J connectivity index is 1.90. The number of benzene rings is 2. The minimum Gasteiger partial charge on any atom is -0.497 e. The summed E-state index contributed by atoms with van der Waals surface area (Å²) in [7, 11) is 3.77. The van der Waals surface area contributed by atoms with E-state index >= 15 is 0 Å². The second kappa shape index (κ2) is 12.5. The molecule has 7 nitrogen and oxygen atoms in total. The first-order valence-corrected chi connectivity index (χ1v) is 12.4. The van der Waals surface area contributed by atoms with Crippen molar-refractivity contribution in [2.75, 3.05) is 21.3 Å². The quantitative estimate of drug-likeness (QED) is 0.432. The minimum absolute atomic E-state index is 0.272. The van der Waals surface area contributed by atoms with Crippen LogP contribution in [0.5, 0.6) is 11.5 Å². The number of cyclic esters (lactones) is 1. The number of aryl methyl sites for hydroxylation is 1. The number of fused-ring (bicyclic) bond motifs is 1. The van der Waals surface area contributed by atoms with Crippen LogP contribution >= 0.6 is 0 Å². The monoisotopic (exact) mass is 538 g/mol. The van der Waals surface area contributed by atoms with Crippen LogP contribution in [0.1, 0.15) is 60.5 Å². The van der Waals surface area contributed by atoms with Crippen molar-refractivity contribution in [1.29, 1.82) is 0 Å². The maximum Gasteiger partial charge on any atom is 0.432 e. The minimum atomic E-state index is -5.06. The van der Waals surface area contributed by atoms with Crippen molar-refractivity contribution in [3.8, 4) is 11.5 Å². The van der Waals surface area contributed by atoms with Gasteiger partial charge in [-0.2, -0.15) is 13.2 Å². The topological polar surface area (TPSA) is 80.3 Å². The molecule has 0 spiro atoms. The van der Waals surface area contributed by atoms with Gasteiger partial charge in [-0.15, -0.1) is 0 Å². The summed E-state index contributed by atoms with van der Waals surface area (Å²) in [4.78, 5) is 26.2. The van der Waals surface area contributed by atoms with E-state index in [0.717, 1.165) is 7.11 Å². The normalized spacial score (nSPS) is 20.6. The number of alkyl halides is 3. The second-order valence-corrected chi connectivity index (χ2v) is 9.18. The summed E-state index contributed by atoms with van der Waals surface area (Å²) >= 11 is 0. The largest absolute Gasteiger partial charge is 0.497 e. The van der Waals surface area contributed by atoms with Crippen LogP contribution in [0.15, 0.2) is 42.5 Å². The summed E-state index contributed by atoms with van der Waals surface area (Å²) in [5.41, 5.74) is -2.74. The Hall–Kier alpha value is -3.27. The second-order valence-electron chi connectivity index (χ2n) is 9.18. The van der Waals surface area contributed by atoms with Crippen molar-refractivity contribution >= 4 is 11.9 Å². The van der Waals surface area contributed by atoms with E-state index in [-0.39, 0.29) is 17.5 Å². The van der Waals surface area contributed by atoms with Gasteiger partial charge in [0.15, 0.2) is 0 Å². The zero-order chi connectivity index (χ0) is 27.9. The highest BCUT2D eigenvalue weighted by Crippen LogP contribution is 2.43. The van der Waals surface area contributed by atoms with E-state index in [4.69, 9.17) is 23.7 Å². The molecule has 1 aliphatic rings. The van der Waals surface area contributed by atoms with Gasteiger partial charge in [-0.05, 0) is 57.1 Å². The lowest BCUT2D eigenvalue weighted by Gasteiger charge is -2.34. The van der Waals surface area contributed by atoms with Crippen LogP contribution in [0.2, 0.25) is 0 Å². The van der Waals surface area contributed by atoms with Crippen LogP contribution in [0.25, 0.3) is 0 Å². The van der Waals surface area contributed by atoms with Gasteiger partial charge in [-0.1, -0.05) is 30.3 Å². The van der Waals surface area contributed by atoms with Gasteiger partial charge in [0.2, 0.25) is 0 Å². The first-order chi connectivity index (χ1) is 18.1. The SMILES string of the molecule is COc1cc2c(c(OC)c1)C(=O)OC(C)CCC[C@H](OC(=O)[C@](OC)(c1ccccc1)C(F)(F)F)CCC2. The molecule has 0 saturated carbocycles. The molecular formula is C28H33F3O7. The molecule has 38 heavy (non-hydrogen) atoms.